The van der Waals surface area contributed by atoms with Gasteiger partial charge in [0.15, 0.2) is 0 Å². The lowest BCUT2D eigenvalue weighted by atomic mass is 9.96. The highest BCUT2D eigenvalue weighted by Gasteiger charge is 2.41. The summed E-state index contributed by atoms with van der Waals surface area (Å²) in [6, 6.07) is 14.7. The van der Waals surface area contributed by atoms with Crippen LogP contribution in [0.15, 0.2) is 42.5 Å². The fourth-order valence-corrected chi connectivity index (χ4v) is 5.10. The molecule has 0 radical (unpaired) electrons. The molecule has 0 unspecified atom stereocenters. The Morgan fingerprint density at radius 3 is 2.92 bits per heavy atom. The lowest BCUT2D eigenvalue weighted by Crippen LogP contribution is -2.36. The van der Waals surface area contributed by atoms with Gasteiger partial charge >= 0.3 is 0 Å². The minimum absolute atomic E-state index is 0.145. The molecule has 2 aliphatic rings. The number of halogens is 2. The van der Waals surface area contributed by atoms with Crippen LogP contribution in [0.2, 0.25) is 0 Å². The molecule has 2 atom stereocenters. The van der Waals surface area contributed by atoms with Gasteiger partial charge in [-0.3, -0.25) is 4.90 Å². The Labute approximate surface area is 154 Å². The van der Waals surface area contributed by atoms with Crippen molar-refractivity contribution in [3.8, 4) is 0 Å². The quantitative estimate of drug-likeness (QED) is 0.554. The lowest BCUT2D eigenvalue weighted by molar-refractivity contribution is 0.168. The van der Waals surface area contributed by atoms with Crippen LogP contribution in [0.25, 0.3) is 10.9 Å². The first-order chi connectivity index (χ1) is 11.7. The zero-order chi connectivity index (χ0) is 16.3. The van der Waals surface area contributed by atoms with Crippen molar-refractivity contribution in [1.82, 2.24) is 9.88 Å². The molecule has 4 heteroatoms. The molecule has 2 bridgehead atoms. The number of benzene rings is 2. The van der Waals surface area contributed by atoms with Crippen molar-refractivity contribution in [2.45, 2.75) is 37.9 Å². The van der Waals surface area contributed by atoms with Crippen molar-refractivity contribution in [2.24, 2.45) is 0 Å². The van der Waals surface area contributed by atoms with Gasteiger partial charge in [-0.2, -0.15) is 0 Å². The molecule has 2 aliphatic heterocycles. The molecule has 0 saturated carbocycles. The number of H-pyrrole nitrogens is 1. The van der Waals surface area contributed by atoms with Gasteiger partial charge in [0.1, 0.15) is 5.82 Å². The highest BCUT2D eigenvalue weighted by atomic mass is 127. The van der Waals surface area contributed by atoms with Crippen LogP contribution in [0.3, 0.4) is 0 Å². The number of hydrogen-bond donors (Lipinski definition) is 1. The van der Waals surface area contributed by atoms with Gasteiger partial charge in [-0.25, -0.2) is 4.39 Å². The molecule has 2 nitrogen and oxygen atoms in total. The summed E-state index contributed by atoms with van der Waals surface area (Å²) in [6.07, 6.45) is 3.45. The molecule has 122 valence electrons. The number of aromatic amines is 1. The molecular weight excluding hydrogens is 414 g/mol. The Morgan fingerprint density at radius 2 is 2.04 bits per heavy atom. The Hall–Kier alpha value is -1.40. The van der Waals surface area contributed by atoms with E-state index < -0.39 is 0 Å². The molecule has 1 aromatic heterocycles. The Balaban J connectivity index is 1.58. The van der Waals surface area contributed by atoms with Gasteiger partial charge in [0.25, 0.3) is 0 Å². The van der Waals surface area contributed by atoms with Gasteiger partial charge in [0.05, 0.1) is 0 Å². The van der Waals surface area contributed by atoms with Gasteiger partial charge in [-0.15, -0.1) is 0 Å². The van der Waals surface area contributed by atoms with E-state index in [1.807, 2.05) is 6.07 Å². The Kier molecular flexibility index (Phi) is 3.45. The highest BCUT2D eigenvalue weighted by Crippen LogP contribution is 2.47. The molecule has 0 aliphatic carbocycles. The van der Waals surface area contributed by atoms with Crippen LogP contribution in [0.4, 0.5) is 4.39 Å². The summed E-state index contributed by atoms with van der Waals surface area (Å²) in [4.78, 5) is 6.18. The summed E-state index contributed by atoms with van der Waals surface area (Å²) < 4.78 is 15.1. The van der Waals surface area contributed by atoms with Crippen molar-refractivity contribution in [3.05, 3.63) is 68.7 Å². The largest absolute Gasteiger partial charge is 0.358 e. The van der Waals surface area contributed by atoms with Gasteiger partial charge in [0, 0.05) is 45.2 Å². The number of nitrogens with zero attached hydrogens (tertiary/aromatic N) is 1. The number of hydrogen-bond acceptors (Lipinski definition) is 1. The summed E-state index contributed by atoms with van der Waals surface area (Å²) in [5.41, 5.74) is 5.12. The predicted molar refractivity (Wildman–Crippen MR) is 102 cm³/mol. The lowest BCUT2D eigenvalue weighted by Gasteiger charge is -2.35. The number of aromatic nitrogens is 1. The van der Waals surface area contributed by atoms with Crippen LogP contribution in [0, 0.1) is 9.39 Å². The third-order valence-corrected chi connectivity index (χ3v) is 6.66. The molecule has 2 aromatic carbocycles. The maximum atomic E-state index is 13.8. The van der Waals surface area contributed by atoms with Crippen LogP contribution >= 0.6 is 22.6 Å². The summed E-state index contributed by atoms with van der Waals surface area (Å²) >= 11 is 2.43. The van der Waals surface area contributed by atoms with E-state index in [0.29, 0.717) is 12.1 Å². The predicted octanol–water partition coefficient (Wildman–Crippen LogP) is 5.17. The molecular formula is C20H18FIN2. The zero-order valence-corrected chi connectivity index (χ0v) is 15.4. The van der Waals surface area contributed by atoms with Crippen LogP contribution < -0.4 is 0 Å². The summed E-state index contributed by atoms with van der Waals surface area (Å²) in [7, 11) is 0. The first-order valence-electron chi connectivity index (χ1n) is 8.50. The van der Waals surface area contributed by atoms with Crippen molar-refractivity contribution in [1.29, 1.82) is 0 Å². The van der Waals surface area contributed by atoms with Gasteiger partial charge in [-0.05, 0) is 70.8 Å². The van der Waals surface area contributed by atoms with E-state index in [-0.39, 0.29) is 5.82 Å². The molecule has 1 saturated heterocycles. The summed E-state index contributed by atoms with van der Waals surface area (Å²) in [5.74, 6) is -0.145. The van der Waals surface area contributed by atoms with E-state index in [1.54, 1.807) is 12.1 Å². The zero-order valence-electron chi connectivity index (χ0n) is 13.2. The van der Waals surface area contributed by atoms with E-state index >= 15 is 0 Å². The smallest absolute Gasteiger partial charge is 0.123 e. The van der Waals surface area contributed by atoms with Crippen LogP contribution in [0.5, 0.6) is 0 Å². The molecule has 0 spiro atoms. The van der Waals surface area contributed by atoms with Crippen molar-refractivity contribution in [3.63, 3.8) is 0 Å². The first kappa shape index (κ1) is 14.9. The molecule has 3 aromatic rings. The second kappa shape index (κ2) is 5.56. The van der Waals surface area contributed by atoms with E-state index in [4.69, 9.17) is 0 Å². The maximum absolute atomic E-state index is 13.8. The monoisotopic (exact) mass is 432 g/mol. The van der Waals surface area contributed by atoms with E-state index in [9.17, 15) is 4.39 Å². The van der Waals surface area contributed by atoms with Crippen molar-refractivity contribution < 1.29 is 4.39 Å². The Morgan fingerprint density at radius 1 is 1.17 bits per heavy atom. The molecule has 1 N–H and O–H groups in total. The molecule has 1 fully saturated rings. The third-order valence-electron chi connectivity index (χ3n) is 5.61. The van der Waals surface area contributed by atoms with Crippen molar-refractivity contribution >= 4 is 33.5 Å². The van der Waals surface area contributed by atoms with E-state index in [1.165, 1.54) is 33.2 Å². The SMILES string of the molecule is Fc1ccc2[nH]c3c(c2c1)[C@H]1CC[C@@H](C3)N1Cc1ccccc1I. The van der Waals surface area contributed by atoms with E-state index in [2.05, 4.69) is 56.7 Å². The number of rotatable bonds is 2. The average Bonchev–Trinajstić information content (AvgIpc) is 3.05. The fourth-order valence-electron chi connectivity index (χ4n) is 4.55. The maximum Gasteiger partial charge on any atom is 0.123 e. The standard InChI is InChI=1S/C20H18FIN2/c21-13-5-7-17-15(9-13)20-18(23-17)10-14-6-8-19(20)24(14)11-12-3-1-2-4-16(12)22/h1-5,7,9,14,19,23H,6,8,10-11H2/t14-,19+/m0/s1. The number of fused-ring (bicyclic) bond motifs is 6. The van der Waals surface area contributed by atoms with Gasteiger partial charge in [-0.1, -0.05) is 18.2 Å². The van der Waals surface area contributed by atoms with E-state index in [0.717, 1.165) is 23.9 Å². The molecule has 0 amide bonds. The second-order valence-corrected chi connectivity index (χ2v) is 8.08. The fraction of sp³-hybridized carbons (Fsp3) is 0.300. The second-order valence-electron chi connectivity index (χ2n) is 6.92. The van der Waals surface area contributed by atoms with Gasteiger partial charge in [0.2, 0.25) is 0 Å². The topological polar surface area (TPSA) is 19.0 Å². The van der Waals surface area contributed by atoms with Crippen LogP contribution in [0.1, 0.15) is 35.7 Å². The van der Waals surface area contributed by atoms with Crippen molar-refractivity contribution in [2.75, 3.05) is 0 Å². The Bertz CT molecular complexity index is 933. The minimum Gasteiger partial charge on any atom is -0.358 e. The highest BCUT2D eigenvalue weighted by molar-refractivity contribution is 14.1. The first-order valence-corrected chi connectivity index (χ1v) is 9.58. The molecule has 3 heterocycles. The average molecular weight is 432 g/mol. The summed E-state index contributed by atoms with van der Waals surface area (Å²) in [6.45, 7) is 0.982. The van der Waals surface area contributed by atoms with Gasteiger partial charge < -0.3 is 4.98 Å². The molecule has 24 heavy (non-hydrogen) atoms. The summed E-state index contributed by atoms with van der Waals surface area (Å²) in [5, 5.41) is 1.07. The normalized spacial score (nSPS) is 22.9. The third kappa shape index (κ3) is 2.23. The molecule has 5 rings (SSSR count). The minimum atomic E-state index is -0.145. The number of nitrogens with one attached hydrogen (secondary N) is 1. The van der Waals surface area contributed by atoms with Crippen LogP contribution in [-0.4, -0.2) is 15.9 Å². The van der Waals surface area contributed by atoms with Crippen LogP contribution in [-0.2, 0) is 13.0 Å².